The molecule has 1 atom stereocenters. The Kier molecular flexibility index (Phi) is 4.89. The van der Waals surface area contributed by atoms with Crippen LogP contribution >= 0.6 is 0 Å². The molecule has 0 bridgehead atoms. The molecule has 1 aliphatic rings. The van der Waals surface area contributed by atoms with Crippen molar-refractivity contribution in [1.82, 2.24) is 9.88 Å². The van der Waals surface area contributed by atoms with Gasteiger partial charge in [-0.1, -0.05) is 55.5 Å². The van der Waals surface area contributed by atoms with E-state index in [2.05, 4.69) is 73.3 Å². The molecule has 2 aromatic carbocycles. The molecule has 0 N–H and O–H groups in total. The molecule has 3 heteroatoms. The van der Waals surface area contributed by atoms with Gasteiger partial charge in [-0.3, -0.25) is 4.90 Å². The molecule has 3 aromatic rings. The second kappa shape index (κ2) is 7.46. The lowest BCUT2D eigenvalue weighted by Gasteiger charge is -2.21. The van der Waals surface area contributed by atoms with E-state index in [9.17, 15) is 0 Å². The van der Waals surface area contributed by atoms with Gasteiger partial charge < -0.3 is 4.74 Å². The highest BCUT2D eigenvalue weighted by Gasteiger charge is 2.22. The number of aromatic nitrogens is 1. The van der Waals surface area contributed by atoms with Crippen molar-refractivity contribution in [2.24, 2.45) is 0 Å². The molecule has 0 spiro atoms. The van der Waals surface area contributed by atoms with Gasteiger partial charge >= 0.3 is 0 Å². The van der Waals surface area contributed by atoms with Crippen molar-refractivity contribution in [2.75, 3.05) is 13.1 Å². The minimum Gasteiger partial charge on any atom is -0.473 e. The maximum absolute atomic E-state index is 6.19. The van der Waals surface area contributed by atoms with Crippen molar-refractivity contribution in [3.05, 3.63) is 71.3 Å². The number of ether oxygens (including phenoxy) is 1. The number of hydrogen-bond acceptors (Lipinski definition) is 3. The van der Waals surface area contributed by atoms with Gasteiger partial charge in [-0.25, -0.2) is 4.98 Å². The summed E-state index contributed by atoms with van der Waals surface area (Å²) >= 11 is 0. The first kappa shape index (κ1) is 17.0. The van der Waals surface area contributed by atoms with Crippen LogP contribution in [0.4, 0.5) is 0 Å². The number of aryl methyl sites for hydroxylation is 1. The first-order valence-electron chi connectivity index (χ1n) is 9.57. The number of hydrogen-bond donors (Lipinski definition) is 0. The normalized spacial score (nSPS) is 17.5. The monoisotopic (exact) mass is 346 g/mol. The Morgan fingerprint density at radius 1 is 1.12 bits per heavy atom. The van der Waals surface area contributed by atoms with Crippen LogP contribution < -0.4 is 4.74 Å². The van der Waals surface area contributed by atoms with Gasteiger partial charge in [0.15, 0.2) is 0 Å². The summed E-state index contributed by atoms with van der Waals surface area (Å²) in [5.41, 5.74) is 4.95. The fraction of sp³-hybridized carbons (Fsp3) is 0.348. The predicted octanol–water partition coefficient (Wildman–Crippen LogP) is 4.62. The Bertz CT molecular complexity index is 891. The minimum atomic E-state index is 0.144. The number of fused-ring (bicyclic) bond motifs is 2. The molecule has 0 aliphatic carbocycles. The molecular formula is C23H26N2O. The van der Waals surface area contributed by atoms with E-state index in [4.69, 9.17) is 9.72 Å². The van der Waals surface area contributed by atoms with E-state index in [0.717, 1.165) is 43.9 Å². The van der Waals surface area contributed by atoms with Gasteiger partial charge in [-0.15, -0.1) is 0 Å². The van der Waals surface area contributed by atoms with Crippen LogP contribution in [0.5, 0.6) is 5.88 Å². The van der Waals surface area contributed by atoms with Gasteiger partial charge in [-0.05, 0) is 37.0 Å². The molecule has 1 aliphatic heterocycles. The molecule has 26 heavy (non-hydrogen) atoms. The average Bonchev–Trinajstić information content (AvgIpc) is 2.82. The van der Waals surface area contributed by atoms with Crippen molar-refractivity contribution in [1.29, 1.82) is 0 Å². The zero-order valence-electron chi connectivity index (χ0n) is 15.6. The molecule has 0 saturated heterocycles. The molecule has 4 rings (SSSR count). The smallest absolute Gasteiger partial charge is 0.218 e. The van der Waals surface area contributed by atoms with Crippen LogP contribution in [0, 0.1) is 0 Å². The van der Waals surface area contributed by atoms with E-state index in [1.54, 1.807) is 0 Å². The summed E-state index contributed by atoms with van der Waals surface area (Å²) in [6, 6.07) is 19.4. The SMILES string of the molecule is CCc1cccc2cc3c(nc12)O[C@H](C)CN(CCc1ccccc1)C3. The second-order valence-corrected chi connectivity index (χ2v) is 7.19. The lowest BCUT2D eigenvalue weighted by atomic mass is 10.1. The van der Waals surface area contributed by atoms with Gasteiger partial charge in [-0.2, -0.15) is 0 Å². The van der Waals surface area contributed by atoms with E-state index < -0.39 is 0 Å². The largest absolute Gasteiger partial charge is 0.473 e. The number of benzene rings is 2. The van der Waals surface area contributed by atoms with Crippen LogP contribution in [0.1, 0.15) is 30.5 Å². The Balaban J connectivity index is 1.60. The first-order chi connectivity index (χ1) is 12.7. The Morgan fingerprint density at radius 3 is 2.77 bits per heavy atom. The number of para-hydroxylation sites is 1. The third kappa shape index (κ3) is 3.58. The van der Waals surface area contributed by atoms with E-state index in [1.807, 2.05) is 0 Å². The maximum Gasteiger partial charge on any atom is 0.218 e. The average molecular weight is 346 g/mol. The van der Waals surface area contributed by atoms with Crippen LogP contribution in [0.25, 0.3) is 10.9 Å². The zero-order valence-corrected chi connectivity index (χ0v) is 15.6. The summed E-state index contributed by atoms with van der Waals surface area (Å²) in [5.74, 6) is 0.813. The van der Waals surface area contributed by atoms with Crippen LogP contribution in [0.3, 0.4) is 0 Å². The van der Waals surface area contributed by atoms with Crippen LogP contribution in [-0.2, 0) is 19.4 Å². The second-order valence-electron chi connectivity index (χ2n) is 7.19. The van der Waals surface area contributed by atoms with E-state index in [-0.39, 0.29) is 6.10 Å². The van der Waals surface area contributed by atoms with Crippen molar-refractivity contribution in [2.45, 2.75) is 39.3 Å². The highest BCUT2D eigenvalue weighted by molar-refractivity contribution is 5.83. The fourth-order valence-electron chi connectivity index (χ4n) is 3.79. The van der Waals surface area contributed by atoms with Gasteiger partial charge in [0.1, 0.15) is 6.10 Å². The molecular weight excluding hydrogens is 320 g/mol. The molecule has 0 radical (unpaired) electrons. The zero-order chi connectivity index (χ0) is 17.9. The summed E-state index contributed by atoms with van der Waals surface area (Å²) in [5, 5.41) is 1.21. The highest BCUT2D eigenvalue weighted by Crippen LogP contribution is 2.29. The Labute approximate surface area is 155 Å². The van der Waals surface area contributed by atoms with Crippen LogP contribution in [0.2, 0.25) is 0 Å². The van der Waals surface area contributed by atoms with E-state index >= 15 is 0 Å². The highest BCUT2D eigenvalue weighted by atomic mass is 16.5. The van der Waals surface area contributed by atoms with Gasteiger partial charge in [0.2, 0.25) is 5.88 Å². The number of rotatable bonds is 4. The summed E-state index contributed by atoms with van der Waals surface area (Å²) < 4.78 is 6.19. The molecule has 0 unspecified atom stereocenters. The topological polar surface area (TPSA) is 25.4 Å². The van der Waals surface area contributed by atoms with E-state index in [1.165, 1.54) is 22.1 Å². The standard InChI is InChI=1S/C23H26N2O/c1-3-19-10-7-11-20-14-21-16-25(13-12-18-8-5-4-6-9-18)15-17(2)26-23(21)24-22(19)20/h4-11,14,17H,3,12-13,15-16H2,1-2H3/t17-/m1/s1. The fourth-order valence-corrected chi connectivity index (χ4v) is 3.79. The summed E-state index contributed by atoms with van der Waals surface area (Å²) in [4.78, 5) is 7.39. The Morgan fingerprint density at radius 2 is 1.96 bits per heavy atom. The molecule has 134 valence electrons. The van der Waals surface area contributed by atoms with Crippen molar-refractivity contribution in [3.8, 4) is 5.88 Å². The third-order valence-electron chi connectivity index (χ3n) is 5.13. The van der Waals surface area contributed by atoms with E-state index in [0.29, 0.717) is 0 Å². The molecule has 2 heterocycles. The molecule has 0 saturated carbocycles. The summed E-state index contributed by atoms with van der Waals surface area (Å²) in [6.07, 6.45) is 2.19. The lowest BCUT2D eigenvalue weighted by Crippen LogP contribution is -2.32. The molecule has 1 aromatic heterocycles. The molecule has 3 nitrogen and oxygen atoms in total. The van der Waals surface area contributed by atoms with Crippen molar-refractivity contribution < 1.29 is 4.74 Å². The third-order valence-corrected chi connectivity index (χ3v) is 5.13. The number of nitrogens with zero attached hydrogens (tertiary/aromatic N) is 2. The van der Waals surface area contributed by atoms with Gasteiger partial charge in [0.05, 0.1) is 5.52 Å². The summed E-state index contributed by atoms with van der Waals surface area (Å²) in [6.45, 7) is 7.18. The van der Waals surface area contributed by atoms with Gasteiger partial charge in [0, 0.05) is 30.6 Å². The predicted molar refractivity (Wildman–Crippen MR) is 107 cm³/mol. The molecule has 0 amide bonds. The summed E-state index contributed by atoms with van der Waals surface area (Å²) in [7, 11) is 0. The lowest BCUT2D eigenvalue weighted by molar-refractivity contribution is 0.158. The maximum atomic E-state index is 6.19. The Hall–Kier alpha value is -2.39. The number of pyridine rings is 1. The van der Waals surface area contributed by atoms with Crippen LogP contribution in [-0.4, -0.2) is 29.1 Å². The quantitative estimate of drug-likeness (QED) is 0.689. The van der Waals surface area contributed by atoms with Crippen LogP contribution in [0.15, 0.2) is 54.6 Å². The van der Waals surface area contributed by atoms with Crippen molar-refractivity contribution in [3.63, 3.8) is 0 Å². The molecule has 0 fully saturated rings. The van der Waals surface area contributed by atoms with Gasteiger partial charge in [0.25, 0.3) is 0 Å². The minimum absolute atomic E-state index is 0.144. The first-order valence-corrected chi connectivity index (χ1v) is 9.57. The van der Waals surface area contributed by atoms with Crippen molar-refractivity contribution >= 4 is 10.9 Å².